The maximum Gasteiger partial charge on any atom is 0.234 e. The minimum atomic E-state index is -0.163. The number of aromatic nitrogens is 4. The van der Waals surface area contributed by atoms with Crippen LogP contribution in [0.3, 0.4) is 0 Å². The van der Waals surface area contributed by atoms with Gasteiger partial charge in [-0.2, -0.15) is 5.10 Å². The maximum absolute atomic E-state index is 12.9. The Morgan fingerprint density at radius 2 is 1.63 bits per heavy atom. The van der Waals surface area contributed by atoms with Gasteiger partial charge in [-0.15, -0.1) is 0 Å². The Morgan fingerprint density at radius 1 is 0.921 bits per heavy atom. The number of carbonyl (C=O) groups is 1. The quantitative estimate of drug-likeness (QED) is 0.192. The average Bonchev–Trinajstić information content (AvgIpc) is 3.35. The Balaban J connectivity index is 1.50. The Bertz CT molecular complexity index is 1570. The van der Waals surface area contributed by atoms with Gasteiger partial charge in [0.25, 0.3) is 0 Å². The van der Waals surface area contributed by atoms with Gasteiger partial charge in [0.2, 0.25) is 5.91 Å². The molecule has 5 aromatic rings. The fraction of sp³-hybridized carbons (Fsp3) is 0.172. The van der Waals surface area contributed by atoms with Crippen LogP contribution in [0, 0.1) is 0 Å². The highest BCUT2D eigenvalue weighted by atomic mass is 32.2. The largest absolute Gasteiger partial charge is 0.493 e. The van der Waals surface area contributed by atoms with Crippen molar-refractivity contribution in [2.75, 3.05) is 25.3 Å². The van der Waals surface area contributed by atoms with E-state index in [2.05, 4.69) is 12.2 Å². The van der Waals surface area contributed by atoms with Crippen LogP contribution in [0.5, 0.6) is 11.5 Å². The van der Waals surface area contributed by atoms with Crippen LogP contribution < -0.4 is 14.8 Å². The van der Waals surface area contributed by atoms with Gasteiger partial charge in [-0.25, -0.2) is 14.6 Å². The molecule has 192 valence electrons. The van der Waals surface area contributed by atoms with Gasteiger partial charge in [0, 0.05) is 17.3 Å². The molecule has 3 aromatic carbocycles. The smallest absolute Gasteiger partial charge is 0.234 e. The molecule has 0 aliphatic carbocycles. The zero-order chi connectivity index (χ0) is 26.5. The van der Waals surface area contributed by atoms with Gasteiger partial charge in [0.05, 0.1) is 36.7 Å². The number of benzene rings is 3. The molecule has 38 heavy (non-hydrogen) atoms. The number of aryl methyl sites for hydroxylation is 1. The molecule has 2 aromatic heterocycles. The van der Waals surface area contributed by atoms with Crippen LogP contribution in [0.4, 0.5) is 5.69 Å². The van der Waals surface area contributed by atoms with Crippen LogP contribution in [0.2, 0.25) is 0 Å². The predicted molar refractivity (Wildman–Crippen MR) is 150 cm³/mol. The van der Waals surface area contributed by atoms with Gasteiger partial charge in [0.15, 0.2) is 23.0 Å². The zero-order valence-electron chi connectivity index (χ0n) is 21.3. The molecular weight excluding hydrogens is 498 g/mol. The SMILES string of the molecule is CCc1nn(-c2ccccc2)c2nc(-c3ccccc3)nc(SCC(=O)Nc3ccc(OC)c(OC)c3)c12. The summed E-state index contributed by atoms with van der Waals surface area (Å²) < 4.78 is 12.5. The minimum Gasteiger partial charge on any atom is -0.493 e. The van der Waals surface area contributed by atoms with Gasteiger partial charge >= 0.3 is 0 Å². The monoisotopic (exact) mass is 525 g/mol. The molecule has 0 radical (unpaired) electrons. The fourth-order valence-electron chi connectivity index (χ4n) is 4.12. The lowest BCUT2D eigenvalue weighted by Crippen LogP contribution is -2.14. The number of amides is 1. The van der Waals surface area contributed by atoms with Crippen LogP contribution in [0.15, 0.2) is 83.9 Å². The van der Waals surface area contributed by atoms with E-state index >= 15 is 0 Å². The highest BCUT2D eigenvalue weighted by molar-refractivity contribution is 8.00. The number of ether oxygens (including phenoxy) is 2. The first kappa shape index (κ1) is 25.3. The molecule has 0 aliphatic heterocycles. The van der Waals surface area contributed by atoms with Crippen molar-refractivity contribution in [3.8, 4) is 28.6 Å². The Morgan fingerprint density at radius 3 is 2.32 bits per heavy atom. The van der Waals surface area contributed by atoms with Crippen molar-refractivity contribution >= 4 is 34.4 Å². The molecule has 9 heteroatoms. The summed E-state index contributed by atoms with van der Waals surface area (Å²) in [5, 5.41) is 9.39. The van der Waals surface area contributed by atoms with Crippen LogP contribution in [-0.4, -0.2) is 45.6 Å². The Hall–Kier alpha value is -4.37. The summed E-state index contributed by atoms with van der Waals surface area (Å²) >= 11 is 1.37. The highest BCUT2D eigenvalue weighted by Crippen LogP contribution is 2.33. The second-order valence-corrected chi connectivity index (χ2v) is 9.34. The molecule has 8 nitrogen and oxygen atoms in total. The van der Waals surface area contributed by atoms with E-state index in [-0.39, 0.29) is 11.7 Å². The first-order valence-electron chi connectivity index (χ1n) is 12.2. The normalized spacial score (nSPS) is 10.9. The van der Waals surface area contributed by atoms with Crippen LogP contribution in [-0.2, 0) is 11.2 Å². The van der Waals surface area contributed by atoms with Crippen molar-refractivity contribution in [1.82, 2.24) is 19.7 Å². The first-order valence-corrected chi connectivity index (χ1v) is 13.1. The standard InChI is InChI=1S/C29H27N5O3S/c1-4-22-26-28(34(33-22)21-13-9-6-10-14-21)31-27(19-11-7-5-8-12-19)32-29(26)38-18-25(35)30-20-15-16-23(36-2)24(17-20)37-3/h5-17H,4,18H2,1-3H3,(H,30,35). The number of fused-ring (bicyclic) bond motifs is 1. The number of carbonyl (C=O) groups excluding carboxylic acids is 1. The van der Waals surface area contributed by atoms with Crippen molar-refractivity contribution < 1.29 is 14.3 Å². The maximum atomic E-state index is 12.9. The molecule has 0 bridgehead atoms. The topological polar surface area (TPSA) is 91.2 Å². The number of hydrogen-bond donors (Lipinski definition) is 1. The minimum absolute atomic E-state index is 0.161. The molecule has 0 spiro atoms. The Kier molecular flexibility index (Phi) is 7.55. The number of nitrogens with one attached hydrogen (secondary N) is 1. The number of anilines is 1. The molecule has 1 amide bonds. The van der Waals surface area contributed by atoms with Crippen LogP contribution >= 0.6 is 11.8 Å². The van der Waals surface area contributed by atoms with Gasteiger partial charge < -0.3 is 14.8 Å². The third-order valence-corrected chi connectivity index (χ3v) is 6.92. The lowest BCUT2D eigenvalue weighted by molar-refractivity contribution is -0.113. The van der Waals surface area contributed by atoms with Gasteiger partial charge in [-0.05, 0) is 30.7 Å². The second kappa shape index (κ2) is 11.4. The van der Waals surface area contributed by atoms with Crippen molar-refractivity contribution in [2.45, 2.75) is 18.4 Å². The number of thioether (sulfide) groups is 1. The first-order chi connectivity index (χ1) is 18.6. The molecule has 0 atom stereocenters. The van der Waals surface area contributed by atoms with Crippen LogP contribution in [0.25, 0.3) is 28.1 Å². The summed E-state index contributed by atoms with van der Waals surface area (Å²) in [6.07, 6.45) is 0.704. The third-order valence-electron chi connectivity index (χ3n) is 5.94. The van der Waals surface area contributed by atoms with Crippen LogP contribution in [0.1, 0.15) is 12.6 Å². The van der Waals surface area contributed by atoms with Crippen molar-refractivity contribution in [1.29, 1.82) is 0 Å². The summed E-state index contributed by atoms with van der Waals surface area (Å²) in [6, 6.07) is 25.0. The second-order valence-electron chi connectivity index (χ2n) is 8.37. The number of rotatable bonds is 9. The van der Waals surface area contributed by atoms with Crippen molar-refractivity contribution in [2.24, 2.45) is 0 Å². The highest BCUT2D eigenvalue weighted by Gasteiger charge is 2.20. The summed E-state index contributed by atoms with van der Waals surface area (Å²) in [4.78, 5) is 22.8. The number of methoxy groups -OCH3 is 2. The molecule has 5 rings (SSSR count). The van der Waals surface area contributed by atoms with E-state index < -0.39 is 0 Å². The van der Waals surface area contributed by atoms with E-state index in [9.17, 15) is 4.79 Å². The average molecular weight is 526 g/mol. The zero-order valence-corrected chi connectivity index (χ0v) is 22.2. The fourth-order valence-corrected chi connectivity index (χ4v) is 4.96. The summed E-state index contributed by atoms with van der Waals surface area (Å²) in [5.41, 5.74) is 4.02. The molecule has 0 saturated carbocycles. The molecular formula is C29H27N5O3S. The molecule has 0 saturated heterocycles. The number of para-hydroxylation sites is 1. The van der Waals surface area contributed by atoms with Gasteiger partial charge in [0.1, 0.15) is 5.03 Å². The molecule has 1 N–H and O–H groups in total. The molecule has 0 unspecified atom stereocenters. The van der Waals surface area contributed by atoms with Gasteiger partial charge in [-0.1, -0.05) is 67.2 Å². The number of nitrogens with zero attached hydrogens (tertiary/aromatic N) is 4. The predicted octanol–water partition coefficient (Wildman–Crippen LogP) is 5.79. The van der Waals surface area contributed by atoms with E-state index in [0.29, 0.717) is 35.1 Å². The Labute approximate surface area is 225 Å². The molecule has 0 aliphatic rings. The van der Waals surface area contributed by atoms with E-state index in [0.717, 1.165) is 27.4 Å². The summed E-state index contributed by atoms with van der Waals surface area (Å²) in [7, 11) is 3.13. The lowest BCUT2D eigenvalue weighted by Gasteiger charge is -2.11. The number of hydrogen-bond acceptors (Lipinski definition) is 7. The molecule has 0 fully saturated rings. The van der Waals surface area contributed by atoms with Crippen molar-refractivity contribution in [3.63, 3.8) is 0 Å². The van der Waals surface area contributed by atoms with E-state index in [4.69, 9.17) is 24.5 Å². The van der Waals surface area contributed by atoms with E-state index in [1.54, 1.807) is 32.4 Å². The third kappa shape index (κ3) is 5.19. The lowest BCUT2D eigenvalue weighted by atomic mass is 10.2. The summed E-state index contributed by atoms with van der Waals surface area (Å²) in [6.45, 7) is 2.06. The van der Waals surface area contributed by atoms with E-state index in [1.807, 2.05) is 65.3 Å². The molecule has 2 heterocycles. The van der Waals surface area contributed by atoms with Crippen molar-refractivity contribution in [3.05, 3.63) is 84.6 Å². The van der Waals surface area contributed by atoms with Gasteiger partial charge in [-0.3, -0.25) is 4.79 Å². The van der Waals surface area contributed by atoms with E-state index in [1.165, 1.54) is 11.8 Å². The summed E-state index contributed by atoms with van der Waals surface area (Å²) in [5.74, 6) is 1.72.